The first-order chi connectivity index (χ1) is 13.7. The van der Waals surface area contributed by atoms with Crippen molar-refractivity contribution >= 4 is 23.0 Å². The van der Waals surface area contributed by atoms with Crippen LogP contribution in [-0.2, 0) is 22.4 Å². The molecule has 2 heterocycles. The van der Waals surface area contributed by atoms with Crippen LogP contribution in [0.4, 0.5) is 4.79 Å². The first-order valence-electron chi connectivity index (χ1n) is 9.52. The Balaban J connectivity index is 1.87. The second kappa shape index (κ2) is 8.00. The molecule has 0 fully saturated rings. The van der Waals surface area contributed by atoms with Crippen LogP contribution in [-0.4, -0.2) is 35.4 Å². The number of carbonyl (C=O) groups is 2. The Morgan fingerprint density at radius 2 is 2.03 bits per heavy atom. The summed E-state index contributed by atoms with van der Waals surface area (Å²) in [5.41, 5.74) is 1.61. The van der Waals surface area contributed by atoms with Crippen LogP contribution in [0, 0.1) is 11.8 Å². The van der Waals surface area contributed by atoms with E-state index in [1.807, 2.05) is 10.6 Å². The normalized spacial score (nSPS) is 12.3. The third kappa shape index (κ3) is 4.60. The summed E-state index contributed by atoms with van der Waals surface area (Å²) in [4.78, 5) is 36.6. The molecule has 0 saturated heterocycles. The number of ether oxygens (including phenoxy) is 2. The van der Waals surface area contributed by atoms with Crippen LogP contribution in [0.15, 0.2) is 23.1 Å². The lowest BCUT2D eigenvalue weighted by Crippen LogP contribution is -2.32. The van der Waals surface area contributed by atoms with Crippen LogP contribution in [0.25, 0.3) is 10.9 Å². The number of pyridine rings is 1. The fourth-order valence-electron chi connectivity index (χ4n) is 3.24. The van der Waals surface area contributed by atoms with E-state index in [0.717, 1.165) is 17.5 Å². The summed E-state index contributed by atoms with van der Waals surface area (Å²) in [6, 6.07) is 3.63. The zero-order valence-corrected chi connectivity index (χ0v) is 17.0. The molecule has 152 valence electrons. The van der Waals surface area contributed by atoms with E-state index < -0.39 is 17.7 Å². The lowest BCUT2D eigenvalue weighted by atomic mass is 10.0. The lowest BCUT2D eigenvalue weighted by Gasteiger charge is -2.19. The SMILES string of the molecule is CCOC(=O)c1cn2c3c(cc(C#CCNC(=O)OC(C)(C)C)cc3c1=O)CC2. The summed E-state index contributed by atoms with van der Waals surface area (Å²) in [7, 11) is 0. The fraction of sp³-hybridized carbons (Fsp3) is 0.409. The summed E-state index contributed by atoms with van der Waals surface area (Å²) in [5, 5.41) is 3.03. The second-order valence-electron chi connectivity index (χ2n) is 7.72. The number of esters is 1. The minimum atomic E-state index is -0.616. The molecule has 1 aromatic heterocycles. The molecule has 0 unspecified atom stereocenters. The standard InChI is InChI=1S/C22H24N2O5/c1-5-28-20(26)17-13-24-10-8-15-11-14(12-16(18(15)24)19(17)25)7-6-9-23-21(27)29-22(2,3)4/h11-13H,5,8-10H2,1-4H3,(H,23,27). The molecule has 0 bridgehead atoms. The third-order valence-electron chi connectivity index (χ3n) is 4.32. The molecule has 1 aromatic carbocycles. The van der Waals surface area contributed by atoms with Gasteiger partial charge in [-0.3, -0.25) is 4.79 Å². The van der Waals surface area contributed by atoms with Gasteiger partial charge in [0, 0.05) is 23.7 Å². The van der Waals surface area contributed by atoms with Crippen molar-refractivity contribution in [2.45, 2.75) is 46.3 Å². The predicted octanol–water partition coefficient (Wildman–Crippen LogP) is 2.61. The van der Waals surface area contributed by atoms with E-state index in [2.05, 4.69) is 17.2 Å². The average Bonchev–Trinajstić information content (AvgIpc) is 3.03. The average molecular weight is 396 g/mol. The van der Waals surface area contributed by atoms with Crippen molar-refractivity contribution < 1.29 is 19.1 Å². The first kappa shape index (κ1) is 20.5. The van der Waals surface area contributed by atoms with Gasteiger partial charge in [-0.2, -0.15) is 0 Å². The molecule has 1 N–H and O–H groups in total. The smallest absolute Gasteiger partial charge is 0.408 e. The van der Waals surface area contributed by atoms with Crippen LogP contribution in [0.3, 0.4) is 0 Å². The van der Waals surface area contributed by atoms with Crippen LogP contribution >= 0.6 is 0 Å². The zero-order chi connectivity index (χ0) is 21.2. The van der Waals surface area contributed by atoms with Crippen molar-refractivity contribution in [3.63, 3.8) is 0 Å². The third-order valence-corrected chi connectivity index (χ3v) is 4.32. The van der Waals surface area contributed by atoms with Crippen molar-refractivity contribution in [1.82, 2.24) is 9.88 Å². The number of aryl methyl sites for hydroxylation is 2. The number of aromatic nitrogens is 1. The van der Waals surface area contributed by atoms with Crippen molar-refractivity contribution in [2.24, 2.45) is 0 Å². The van der Waals surface area contributed by atoms with Crippen molar-refractivity contribution in [2.75, 3.05) is 13.2 Å². The monoisotopic (exact) mass is 396 g/mol. The Hall–Kier alpha value is -3.27. The van der Waals surface area contributed by atoms with Crippen molar-refractivity contribution in [3.8, 4) is 11.8 Å². The van der Waals surface area contributed by atoms with Gasteiger partial charge in [0.05, 0.1) is 18.7 Å². The number of rotatable bonds is 3. The fourth-order valence-corrected chi connectivity index (χ4v) is 3.24. The molecule has 3 rings (SSSR count). The second-order valence-corrected chi connectivity index (χ2v) is 7.72. The minimum Gasteiger partial charge on any atom is -0.462 e. The van der Waals surface area contributed by atoms with E-state index >= 15 is 0 Å². The predicted molar refractivity (Wildman–Crippen MR) is 109 cm³/mol. The number of carbonyl (C=O) groups excluding carboxylic acids is 2. The van der Waals surface area contributed by atoms with E-state index in [1.54, 1.807) is 40.0 Å². The molecular weight excluding hydrogens is 372 g/mol. The number of nitrogens with one attached hydrogen (secondary N) is 1. The highest BCUT2D eigenvalue weighted by molar-refractivity contribution is 5.95. The maximum atomic E-state index is 12.8. The van der Waals surface area contributed by atoms with Gasteiger partial charge in [0.15, 0.2) is 0 Å². The molecule has 1 aliphatic rings. The van der Waals surface area contributed by atoms with Crippen molar-refractivity contribution in [1.29, 1.82) is 0 Å². The Labute approximate surface area is 169 Å². The van der Waals surface area contributed by atoms with Crippen LogP contribution in [0.2, 0.25) is 0 Å². The van der Waals surface area contributed by atoms with Gasteiger partial charge < -0.3 is 19.4 Å². The number of hydrogen-bond acceptors (Lipinski definition) is 5. The summed E-state index contributed by atoms with van der Waals surface area (Å²) >= 11 is 0. The number of alkyl carbamates (subject to hydrolysis) is 1. The van der Waals surface area contributed by atoms with Gasteiger partial charge in [0.2, 0.25) is 5.43 Å². The van der Waals surface area contributed by atoms with Crippen LogP contribution in [0.1, 0.15) is 49.2 Å². The molecule has 7 heteroatoms. The highest BCUT2D eigenvalue weighted by Crippen LogP contribution is 2.26. The van der Waals surface area contributed by atoms with E-state index in [9.17, 15) is 14.4 Å². The van der Waals surface area contributed by atoms with E-state index in [4.69, 9.17) is 9.47 Å². The van der Waals surface area contributed by atoms with Gasteiger partial charge in [0.25, 0.3) is 0 Å². The molecular formula is C22H24N2O5. The first-order valence-corrected chi connectivity index (χ1v) is 9.52. The van der Waals surface area contributed by atoms with Crippen LogP contribution in [0.5, 0.6) is 0 Å². The summed E-state index contributed by atoms with van der Waals surface area (Å²) < 4.78 is 12.1. The van der Waals surface area contributed by atoms with E-state index in [1.165, 1.54) is 0 Å². The van der Waals surface area contributed by atoms with Gasteiger partial charge in [-0.15, -0.1) is 0 Å². The minimum absolute atomic E-state index is 0.0314. The topological polar surface area (TPSA) is 86.6 Å². The molecule has 0 spiro atoms. The molecule has 1 aliphatic heterocycles. The molecule has 7 nitrogen and oxygen atoms in total. The Morgan fingerprint density at radius 1 is 1.28 bits per heavy atom. The van der Waals surface area contributed by atoms with Crippen molar-refractivity contribution in [3.05, 3.63) is 45.2 Å². The van der Waals surface area contributed by atoms with Gasteiger partial charge >= 0.3 is 12.1 Å². The molecule has 0 saturated carbocycles. The molecule has 0 aliphatic carbocycles. The van der Waals surface area contributed by atoms with Gasteiger partial charge in [-0.25, -0.2) is 9.59 Å². The highest BCUT2D eigenvalue weighted by atomic mass is 16.6. The molecule has 2 aromatic rings. The number of benzene rings is 1. The van der Waals surface area contributed by atoms with Gasteiger partial charge in [-0.1, -0.05) is 11.8 Å². The van der Waals surface area contributed by atoms with E-state index in [0.29, 0.717) is 17.5 Å². The quantitative estimate of drug-likeness (QED) is 0.637. The lowest BCUT2D eigenvalue weighted by molar-refractivity contribution is 0.0517. The number of hydrogen-bond donors (Lipinski definition) is 1. The molecule has 0 atom stereocenters. The van der Waals surface area contributed by atoms with Gasteiger partial charge in [0.1, 0.15) is 11.2 Å². The molecule has 29 heavy (non-hydrogen) atoms. The summed E-state index contributed by atoms with van der Waals surface area (Å²) in [6.07, 6.45) is 1.80. The maximum absolute atomic E-state index is 12.8. The molecule has 0 radical (unpaired) electrons. The summed E-state index contributed by atoms with van der Waals surface area (Å²) in [5.74, 6) is 5.22. The van der Waals surface area contributed by atoms with E-state index in [-0.39, 0.29) is 24.1 Å². The number of nitrogens with zero attached hydrogens (tertiary/aromatic N) is 1. The Kier molecular flexibility index (Phi) is 5.64. The maximum Gasteiger partial charge on any atom is 0.408 e. The molecule has 1 amide bonds. The largest absolute Gasteiger partial charge is 0.462 e. The highest BCUT2D eigenvalue weighted by Gasteiger charge is 2.22. The van der Waals surface area contributed by atoms with Gasteiger partial charge in [-0.05, 0) is 51.8 Å². The summed E-state index contributed by atoms with van der Waals surface area (Å²) in [6.45, 7) is 8.07. The zero-order valence-electron chi connectivity index (χ0n) is 17.0. The Morgan fingerprint density at radius 3 is 2.72 bits per heavy atom. The van der Waals surface area contributed by atoms with Crippen LogP contribution < -0.4 is 10.7 Å². The Bertz CT molecular complexity index is 1100. The number of amides is 1.